The molecule has 1 atom stereocenters. The van der Waals surface area contributed by atoms with E-state index in [9.17, 15) is 9.59 Å². The second kappa shape index (κ2) is 7.62. The van der Waals surface area contributed by atoms with Crippen LogP contribution in [0.25, 0.3) is 11.0 Å². The highest BCUT2D eigenvalue weighted by Crippen LogP contribution is 2.23. The predicted molar refractivity (Wildman–Crippen MR) is 98.6 cm³/mol. The second-order valence-electron chi connectivity index (χ2n) is 5.87. The highest BCUT2D eigenvalue weighted by atomic mass is 35.5. The molecule has 2 aromatic carbocycles. The third-order valence-corrected chi connectivity index (χ3v) is 4.26. The smallest absolute Gasteiger partial charge is 0.347 e. The van der Waals surface area contributed by atoms with Gasteiger partial charge in [0.25, 0.3) is 0 Å². The molecule has 0 radical (unpaired) electrons. The van der Waals surface area contributed by atoms with Gasteiger partial charge in [0, 0.05) is 28.1 Å². The molecule has 0 aliphatic heterocycles. The first-order chi connectivity index (χ1) is 12.4. The fourth-order valence-corrected chi connectivity index (χ4v) is 2.70. The van der Waals surface area contributed by atoms with Gasteiger partial charge in [-0.25, -0.2) is 9.59 Å². The highest BCUT2D eigenvalue weighted by Gasteiger charge is 2.17. The Hall–Kier alpha value is -2.79. The molecule has 0 N–H and O–H groups in total. The Kier molecular flexibility index (Phi) is 5.28. The maximum atomic E-state index is 12.1. The molecule has 5 nitrogen and oxygen atoms in total. The predicted octanol–water partition coefficient (Wildman–Crippen LogP) is 4.27. The molecule has 3 rings (SSSR count). The third kappa shape index (κ3) is 4.06. The van der Waals surface area contributed by atoms with Gasteiger partial charge in [0.2, 0.25) is 0 Å². The van der Waals surface area contributed by atoms with E-state index in [4.69, 9.17) is 25.5 Å². The van der Waals surface area contributed by atoms with Crippen molar-refractivity contribution < 1.29 is 18.7 Å². The standard InChI is InChI=1S/C20H17ClO5/c1-12-9-19(22)26-18-10-15(7-8-16(12)18)25-13(2)20(23)24-11-14-5-3-4-6-17(14)21/h3-10,13H,11H2,1-2H3/t13-/m1/s1. The van der Waals surface area contributed by atoms with Crippen LogP contribution in [0.2, 0.25) is 5.02 Å². The van der Waals surface area contributed by atoms with Crippen LogP contribution in [0.4, 0.5) is 0 Å². The highest BCUT2D eigenvalue weighted by molar-refractivity contribution is 6.31. The number of halogens is 1. The van der Waals surface area contributed by atoms with Crippen LogP contribution in [-0.2, 0) is 16.1 Å². The Morgan fingerprint density at radius 2 is 1.96 bits per heavy atom. The molecule has 0 spiro atoms. The van der Waals surface area contributed by atoms with Crippen molar-refractivity contribution in [2.45, 2.75) is 26.6 Å². The summed E-state index contributed by atoms with van der Waals surface area (Å²) in [6, 6.07) is 13.7. The van der Waals surface area contributed by atoms with Crippen LogP contribution in [0.15, 0.2) is 57.7 Å². The van der Waals surface area contributed by atoms with Crippen molar-refractivity contribution >= 4 is 28.5 Å². The molecule has 0 saturated carbocycles. The summed E-state index contributed by atoms with van der Waals surface area (Å²) < 4.78 is 16.0. The van der Waals surface area contributed by atoms with Crippen molar-refractivity contribution in [1.82, 2.24) is 0 Å². The molecule has 0 saturated heterocycles. The van der Waals surface area contributed by atoms with Gasteiger partial charge in [-0.15, -0.1) is 0 Å². The molecule has 0 unspecified atom stereocenters. The average Bonchev–Trinajstić information content (AvgIpc) is 2.60. The number of carbonyl (C=O) groups excluding carboxylic acids is 1. The lowest BCUT2D eigenvalue weighted by atomic mass is 10.1. The summed E-state index contributed by atoms with van der Waals surface area (Å²) in [7, 11) is 0. The lowest BCUT2D eigenvalue weighted by Gasteiger charge is -2.14. The van der Waals surface area contributed by atoms with Gasteiger partial charge in [-0.05, 0) is 37.6 Å². The lowest BCUT2D eigenvalue weighted by Crippen LogP contribution is -2.26. The molecule has 0 fully saturated rings. The molecule has 3 aromatic rings. The zero-order chi connectivity index (χ0) is 18.7. The summed E-state index contributed by atoms with van der Waals surface area (Å²) in [5.41, 5.74) is 1.51. The van der Waals surface area contributed by atoms with Crippen molar-refractivity contribution in [3.63, 3.8) is 0 Å². The van der Waals surface area contributed by atoms with Gasteiger partial charge in [0.05, 0.1) is 0 Å². The molecule has 26 heavy (non-hydrogen) atoms. The Bertz CT molecular complexity index is 1010. The summed E-state index contributed by atoms with van der Waals surface area (Å²) in [5, 5.41) is 1.35. The first kappa shape index (κ1) is 18.0. The van der Waals surface area contributed by atoms with Gasteiger partial charge in [-0.3, -0.25) is 0 Å². The molecule has 0 aliphatic carbocycles. The number of aryl methyl sites for hydroxylation is 1. The van der Waals surface area contributed by atoms with Crippen molar-refractivity contribution in [2.24, 2.45) is 0 Å². The number of esters is 1. The van der Waals surface area contributed by atoms with Gasteiger partial charge in [0.1, 0.15) is 17.9 Å². The number of hydrogen-bond donors (Lipinski definition) is 0. The number of hydrogen-bond acceptors (Lipinski definition) is 5. The Morgan fingerprint density at radius 1 is 1.19 bits per heavy atom. The Labute approximate surface area is 155 Å². The third-order valence-electron chi connectivity index (χ3n) is 3.90. The van der Waals surface area contributed by atoms with E-state index in [0.717, 1.165) is 16.5 Å². The van der Waals surface area contributed by atoms with Crippen molar-refractivity contribution in [3.8, 4) is 5.75 Å². The minimum Gasteiger partial charge on any atom is -0.479 e. The van der Waals surface area contributed by atoms with E-state index < -0.39 is 17.7 Å². The van der Waals surface area contributed by atoms with Gasteiger partial charge < -0.3 is 13.9 Å². The second-order valence-corrected chi connectivity index (χ2v) is 6.27. The number of carbonyl (C=O) groups is 1. The fraction of sp³-hybridized carbons (Fsp3) is 0.200. The molecular weight excluding hydrogens is 356 g/mol. The maximum absolute atomic E-state index is 12.1. The van der Waals surface area contributed by atoms with Crippen LogP contribution in [0, 0.1) is 6.92 Å². The SMILES string of the molecule is Cc1cc(=O)oc2cc(O[C@H](C)C(=O)OCc3ccccc3Cl)ccc12. The minimum atomic E-state index is -0.827. The van der Waals surface area contributed by atoms with E-state index in [0.29, 0.717) is 16.4 Å². The van der Waals surface area contributed by atoms with E-state index in [1.807, 2.05) is 13.0 Å². The first-order valence-corrected chi connectivity index (χ1v) is 8.43. The maximum Gasteiger partial charge on any atom is 0.347 e. The quantitative estimate of drug-likeness (QED) is 0.494. The molecule has 0 amide bonds. The number of ether oxygens (including phenoxy) is 2. The van der Waals surface area contributed by atoms with E-state index >= 15 is 0 Å². The number of rotatable bonds is 5. The topological polar surface area (TPSA) is 65.7 Å². The van der Waals surface area contributed by atoms with Crippen LogP contribution in [0.5, 0.6) is 5.75 Å². The fourth-order valence-electron chi connectivity index (χ4n) is 2.51. The largest absolute Gasteiger partial charge is 0.479 e. The van der Waals surface area contributed by atoms with E-state index in [-0.39, 0.29) is 6.61 Å². The molecule has 0 aliphatic rings. The Morgan fingerprint density at radius 3 is 2.73 bits per heavy atom. The summed E-state index contributed by atoms with van der Waals surface area (Å²) >= 11 is 6.04. The van der Waals surface area contributed by atoms with E-state index in [1.54, 1.807) is 43.3 Å². The van der Waals surface area contributed by atoms with Crippen LogP contribution in [0.3, 0.4) is 0 Å². The van der Waals surface area contributed by atoms with Gasteiger partial charge in [-0.2, -0.15) is 0 Å². The van der Waals surface area contributed by atoms with Crippen LogP contribution >= 0.6 is 11.6 Å². The lowest BCUT2D eigenvalue weighted by molar-refractivity contribution is -0.152. The van der Waals surface area contributed by atoms with E-state index in [1.165, 1.54) is 6.07 Å². The molecule has 1 heterocycles. The van der Waals surface area contributed by atoms with Crippen LogP contribution in [0.1, 0.15) is 18.1 Å². The zero-order valence-electron chi connectivity index (χ0n) is 14.3. The minimum absolute atomic E-state index is 0.0675. The van der Waals surface area contributed by atoms with Gasteiger partial charge in [-0.1, -0.05) is 29.8 Å². The van der Waals surface area contributed by atoms with Crippen molar-refractivity contribution in [1.29, 1.82) is 0 Å². The monoisotopic (exact) mass is 372 g/mol. The van der Waals surface area contributed by atoms with Crippen molar-refractivity contribution in [3.05, 3.63) is 75.1 Å². The zero-order valence-corrected chi connectivity index (χ0v) is 15.1. The molecule has 6 heteroatoms. The van der Waals surface area contributed by atoms with Crippen LogP contribution < -0.4 is 10.4 Å². The normalized spacial score (nSPS) is 12.0. The molecule has 134 valence electrons. The number of fused-ring (bicyclic) bond motifs is 1. The van der Waals surface area contributed by atoms with E-state index in [2.05, 4.69) is 0 Å². The summed E-state index contributed by atoms with van der Waals surface area (Å²) in [6.45, 7) is 3.48. The first-order valence-electron chi connectivity index (χ1n) is 8.05. The molecular formula is C20H17ClO5. The summed E-state index contributed by atoms with van der Waals surface area (Å²) in [5.74, 6) is -0.107. The number of benzene rings is 2. The summed E-state index contributed by atoms with van der Waals surface area (Å²) in [6.07, 6.45) is -0.827. The summed E-state index contributed by atoms with van der Waals surface area (Å²) in [4.78, 5) is 23.6. The Balaban J connectivity index is 1.68. The average molecular weight is 373 g/mol. The van der Waals surface area contributed by atoms with Crippen molar-refractivity contribution in [2.75, 3.05) is 0 Å². The van der Waals surface area contributed by atoms with Crippen LogP contribution in [-0.4, -0.2) is 12.1 Å². The van der Waals surface area contributed by atoms with Gasteiger partial charge in [0.15, 0.2) is 6.10 Å². The molecule has 1 aromatic heterocycles. The van der Waals surface area contributed by atoms with Gasteiger partial charge >= 0.3 is 11.6 Å². The molecule has 0 bridgehead atoms.